The molecule has 0 bridgehead atoms. The van der Waals surface area contributed by atoms with Crippen LogP contribution in [-0.4, -0.2) is 19.1 Å². The molecule has 2 aromatic heterocycles. The van der Waals surface area contributed by atoms with Crippen molar-refractivity contribution in [3.63, 3.8) is 0 Å². The predicted molar refractivity (Wildman–Crippen MR) is 173 cm³/mol. The number of benzene rings is 5. The van der Waals surface area contributed by atoms with Gasteiger partial charge in [-0.1, -0.05) is 54.6 Å². The van der Waals surface area contributed by atoms with E-state index in [4.69, 9.17) is 9.97 Å². The van der Waals surface area contributed by atoms with E-state index in [1.165, 1.54) is 11.1 Å². The van der Waals surface area contributed by atoms with Gasteiger partial charge in [0.25, 0.3) is 0 Å². The summed E-state index contributed by atoms with van der Waals surface area (Å²) < 4.78 is 4.13. The average molecular weight is 751 g/mol. The summed E-state index contributed by atoms with van der Waals surface area (Å²) in [5, 5.41) is 0. The van der Waals surface area contributed by atoms with Crippen molar-refractivity contribution < 1.29 is 21.1 Å². The summed E-state index contributed by atoms with van der Waals surface area (Å²) >= 11 is 0. The van der Waals surface area contributed by atoms with Crippen LogP contribution in [0.2, 0.25) is 0 Å². The van der Waals surface area contributed by atoms with Crippen LogP contribution in [0.5, 0.6) is 0 Å². The molecule has 0 atom stereocenters. The maximum absolute atomic E-state index is 4.77. The third-order valence-electron chi connectivity index (χ3n) is 7.52. The van der Waals surface area contributed by atoms with Crippen molar-refractivity contribution in [1.82, 2.24) is 19.1 Å². The molecule has 0 aliphatic rings. The van der Waals surface area contributed by atoms with Gasteiger partial charge in [-0.3, -0.25) is 9.97 Å². The summed E-state index contributed by atoms with van der Waals surface area (Å²) in [7, 11) is 0. The molecule has 0 radical (unpaired) electrons. The Balaban J connectivity index is 0.00000343. The quantitative estimate of drug-likeness (QED) is 0.153. The number of imidazole rings is 2. The number of aryl methyl sites for hydroxylation is 2. The second-order valence-electron chi connectivity index (χ2n) is 10.5. The minimum Gasteiger partial charge on any atom is -0.346 e. The van der Waals surface area contributed by atoms with Crippen LogP contribution in [-0.2, 0) is 21.1 Å². The number of nitrogens with zero attached hydrogens (tertiary/aromatic N) is 5. The van der Waals surface area contributed by atoms with E-state index in [-0.39, 0.29) is 21.1 Å². The first-order valence-electron chi connectivity index (χ1n) is 14.2. The summed E-state index contributed by atoms with van der Waals surface area (Å²) in [6.45, 7) is 4.26. The Morgan fingerprint density at radius 1 is 0.545 bits per heavy atom. The molecular weight excluding hydrogens is 722 g/mol. The fraction of sp³-hybridized carbons (Fsp3) is 0.0526. The van der Waals surface area contributed by atoms with E-state index >= 15 is 0 Å². The summed E-state index contributed by atoms with van der Waals surface area (Å²) in [6.07, 6.45) is 7.84. The first-order valence-corrected chi connectivity index (χ1v) is 14.2. The van der Waals surface area contributed by atoms with Crippen molar-refractivity contribution in [1.29, 1.82) is 0 Å². The standard InChI is InChI=1S/C38H29N5.Pt/c1-28-12-9-13-29(2)38(28)42-25-37(40-27-42)31-15-11-21-35(23-31)43(33-18-7-4-8-19-33)34-20-10-14-30(22-34)36-24-41(26-39-36)32-16-5-3-6-17-32;/h3-21,24-27H,1-2H3;/q-2;+2. The molecule has 0 unspecified atom stereocenters. The van der Waals surface area contributed by atoms with Gasteiger partial charge < -0.3 is 14.0 Å². The minimum atomic E-state index is 0. The second kappa shape index (κ2) is 12.7. The van der Waals surface area contributed by atoms with Gasteiger partial charge in [-0.25, -0.2) is 0 Å². The molecule has 0 spiro atoms. The predicted octanol–water partition coefficient (Wildman–Crippen LogP) is 9.08. The van der Waals surface area contributed by atoms with Gasteiger partial charge >= 0.3 is 21.1 Å². The summed E-state index contributed by atoms with van der Waals surface area (Å²) in [5.74, 6) is 0. The largest absolute Gasteiger partial charge is 2.00 e. The molecule has 5 nitrogen and oxygen atoms in total. The van der Waals surface area contributed by atoms with Gasteiger partial charge in [-0.15, -0.1) is 59.7 Å². The molecule has 0 amide bonds. The second-order valence-corrected chi connectivity index (χ2v) is 10.5. The van der Waals surface area contributed by atoms with Crippen LogP contribution in [0.1, 0.15) is 11.1 Å². The molecule has 0 saturated carbocycles. The number of hydrogen-bond donors (Lipinski definition) is 0. The van der Waals surface area contributed by atoms with Crippen molar-refractivity contribution >= 4 is 17.1 Å². The number of hydrogen-bond acceptors (Lipinski definition) is 3. The van der Waals surface area contributed by atoms with Crippen LogP contribution >= 0.6 is 0 Å². The number of rotatable bonds is 7. The molecule has 0 aliphatic heterocycles. The Bertz CT molecular complexity index is 1990. The molecular formula is C38H29N5Pt. The number of para-hydroxylation sites is 3. The molecule has 0 N–H and O–H groups in total. The summed E-state index contributed by atoms with van der Waals surface area (Å²) in [5.41, 5.74) is 11.0. The Kier molecular flexibility index (Phi) is 8.40. The molecule has 0 fully saturated rings. The normalized spacial score (nSPS) is 10.8. The van der Waals surface area contributed by atoms with Crippen LogP contribution in [0.4, 0.5) is 17.1 Å². The van der Waals surface area contributed by atoms with Crippen LogP contribution < -0.4 is 4.90 Å². The zero-order chi connectivity index (χ0) is 29.2. The van der Waals surface area contributed by atoms with Gasteiger partial charge in [0.2, 0.25) is 0 Å². The third-order valence-corrected chi connectivity index (χ3v) is 7.52. The first-order chi connectivity index (χ1) is 21.1. The first kappa shape index (κ1) is 29.1. The van der Waals surface area contributed by atoms with Gasteiger partial charge in [0.05, 0.1) is 18.3 Å². The van der Waals surface area contributed by atoms with Crippen molar-refractivity contribution in [2.24, 2.45) is 0 Å². The molecule has 44 heavy (non-hydrogen) atoms. The monoisotopic (exact) mass is 750 g/mol. The van der Waals surface area contributed by atoms with E-state index in [9.17, 15) is 0 Å². The van der Waals surface area contributed by atoms with Gasteiger partial charge in [0.1, 0.15) is 0 Å². The van der Waals surface area contributed by atoms with E-state index in [1.807, 2.05) is 65.9 Å². The van der Waals surface area contributed by atoms with Crippen LogP contribution in [0, 0.1) is 26.0 Å². The van der Waals surface area contributed by atoms with E-state index in [0.29, 0.717) is 0 Å². The topological polar surface area (TPSA) is 38.9 Å². The zero-order valence-corrected chi connectivity index (χ0v) is 26.6. The van der Waals surface area contributed by atoms with Crippen LogP contribution in [0.3, 0.4) is 0 Å². The molecule has 7 aromatic rings. The molecule has 5 aromatic carbocycles. The fourth-order valence-corrected chi connectivity index (χ4v) is 5.46. The molecule has 6 heteroatoms. The smallest absolute Gasteiger partial charge is 0.346 e. The summed E-state index contributed by atoms with van der Waals surface area (Å²) in [6, 6.07) is 46.5. The van der Waals surface area contributed by atoms with E-state index in [2.05, 4.69) is 114 Å². The van der Waals surface area contributed by atoms with Crippen molar-refractivity contribution in [2.75, 3.05) is 4.90 Å². The van der Waals surface area contributed by atoms with E-state index < -0.39 is 0 Å². The SMILES string of the molecule is Cc1cccc(C)c1-n1cnc(-c2[c-]c(N(c3[c-]c(-c4cn(-c5ccccc5)cn4)ccc3)c3ccccc3)ccc2)c1.[Pt+2]. The van der Waals surface area contributed by atoms with Crippen LogP contribution in [0.15, 0.2) is 140 Å². The number of aromatic nitrogens is 4. The van der Waals surface area contributed by atoms with E-state index in [1.54, 1.807) is 0 Å². The fourth-order valence-electron chi connectivity index (χ4n) is 5.46. The zero-order valence-electron chi connectivity index (χ0n) is 24.3. The maximum atomic E-state index is 4.77. The maximum Gasteiger partial charge on any atom is 2.00 e. The van der Waals surface area contributed by atoms with Crippen molar-refractivity contribution in [3.8, 4) is 33.9 Å². The molecule has 2 heterocycles. The van der Waals surface area contributed by atoms with Crippen molar-refractivity contribution in [2.45, 2.75) is 13.8 Å². The van der Waals surface area contributed by atoms with Gasteiger partial charge in [0, 0.05) is 22.8 Å². The Morgan fingerprint density at radius 3 is 1.64 bits per heavy atom. The van der Waals surface area contributed by atoms with Crippen molar-refractivity contribution in [3.05, 3.63) is 164 Å². The Morgan fingerprint density at radius 2 is 1.05 bits per heavy atom. The van der Waals surface area contributed by atoms with E-state index in [0.717, 1.165) is 51.0 Å². The summed E-state index contributed by atoms with van der Waals surface area (Å²) in [4.78, 5) is 11.6. The third kappa shape index (κ3) is 5.79. The van der Waals surface area contributed by atoms with Crippen LogP contribution in [0.25, 0.3) is 33.9 Å². The minimum absolute atomic E-state index is 0. The molecule has 0 saturated heterocycles. The molecule has 216 valence electrons. The molecule has 0 aliphatic carbocycles. The Hall–Kier alpha value is -4.99. The molecule has 7 rings (SSSR count). The van der Waals surface area contributed by atoms with Gasteiger partial charge in [-0.05, 0) is 73.0 Å². The van der Waals surface area contributed by atoms with Gasteiger partial charge in [0.15, 0.2) is 0 Å². The van der Waals surface area contributed by atoms with Gasteiger partial charge in [-0.2, -0.15) is 0 Å². The average Bonchev–Trinajstić information content (AvgIpc) is 3.74. The Labute approximate surface area is 272 Å². The number of anilines is 3.